The molecule has 0 aliphatic rings. The second kappa shape index (κ2) is 5.57. The maximum atomic E-state index is 5.96. The molecule has 0 spiro atoms. The molecule has 6 heteroatoms. The van der Waals surface area contributed by atoms with E-state index in [9.17, 15) is 0 Å². The number of halogens is 1. The number of anilines is 1. The molecule has 0 unspecified atom stereocenters. The molecule has 0 aliphatic carbocycles. The Labute approximate surface area is 129 Å². The summed E-state index contributed by atoms with van der Waals surface area (Å²) in [7, 11) is 1.59. The standard InChI is InChI=1S/C15H12BrN3O2/c1-20-9-6-7-13(17)11(8-9)15-18-14(19-21-15)10-4-2-3-5-12(10)16/h2-8H,17H2,1H3. The predicted octanol–water partition coefficient (Wildman–Crippen LogP) is 3.76. The van der Waals surface area contributed by atoms with E-state index in [-0.39, 0.29) is 0 Å². The van der Waals surface area contributed by atoms with Crippen LogP contribution in [0.15, 0.2) is 51.5 Å². The number of hydrogen-bond acceptors (Lipinski definition) is 5. The van der Waals surface area contributed by atoms with Gasteiger partial charge < -0.3 is 15.0 Å². The van der Waals surface area contributed by atoms with Crippen LogP contribution in [0.2, 0.25) is 0 Å². The molecule has 0 amide bonds. The highest BCUT2D eigenvalue weighted by molar-refractivity contribution is 9.10. The van der Waals surface area contributed by atoms with Gasteiger partial charge in [0.25, 0.3) is 5.89 Å². The molecule has 0 aliphatic heterocycles. The van der Waals surface area contributed by atoms with Crippen LogP contribution in [0, 0.1) is 0 Å². The molecular formula is C15H12BrN3O2. The van der Waals surface area contributed by atoms with E-state index in [2.05, 4.69) is 26.1 Å². The van der Waals surface area contributed by atoms with Gasteiger partial charge in [-0.25, -0.2) is 0 Å². The van der Waals surface area contributed by atoms with Crippen molar-refractivity contribution in [1.29, 1.82) is 0 Å². The molecular weight excluding hydrogens is 334 g/mol. The van der Waals surface area contributed by atoms with Gasteiger partial charge in [-0.1, -0.05) is 33.2 Å². The second-order valence-electron chi connectivity index (χ2n) is 4.36. The molecule has 1 heterocycles. The number of ether oxygens (including phenoxy) is 1. The molecule has 0 saturated heterocycles. The number of rotatable bonds is 3. The van der Waals surface area contributed by atoms with E-state index < -0.39 is 0 Å². The lowest BCUT2D eigenvalue weighted by Crippen LogP contribution is -1.92. The smallest absolute Gasteiger partial charge is 0.260 e. The van der Waals surface area contributed by atoms with E-state index in [1.54, 1.807) is 25.3 Å². The van der Waals surface area contributed by atoms with Crippen molar-refractivity contribution in [2.24, 2.45) is 0 Å². The summed E-state index contributed by atoms with van der Waals surface area (Å²) in [6.07, 6.45) is 0. The second-order valence-corrected chi connectivity index (χ2v) is 5.21. The monoisotopic (exact) mass is 345 g/mol. The van der Waals surface area contributed by atoms with Crippen LogP contribution in [0.25, 0.3) is 22.8 Å². The van der Waals surface area contributed by atoms with Crippen molar-refractivity contribution in [3.8, 4) is 28.6 Å². The minimum Gasteiger partial charge on any atom is -0.497 e. The first kappa shape index (κ1) is 13.6. The summed E-state index contributed by atoms with van der Waals surface area (Å²) >= 11 is 3.47. The van der Waals surface area contributed by atoms with Gasteiger partial charge in [0, 0.05) is 15.7 Å². The number of benzene rings is 2. The first-order chi connectivity index (χ1) is 10.2. The Balaban J connectivity index is 2.05. The van der Waals surface area contributed by atoms with Crippen LogP contribution in [0.1, 0.15) is 0 Å². The number of nitrogens with zero attached hydrogens (tertiary/aromatic N) is 2. The van der Waals surface area contributed by atoms with Crippen LogP contribution in [-0.4, -0.2) is 17.3 Å². The van der Waals surface area contributed by atoms with Gasteiger partial charge in [0.05, 0.1) is 12.7 Å². The number of nitrogen functional groups attached to an aromatic ring is 1. The third kappa shape index (κ3) is 2.62. The average Bonchev–Trinajstić information content (AvgIpc) is 2.97. The zero-order valence-electron chi connectivity index (χ0n) is 11.2. The molecule has 3 rings (SSSR count). The summed E-state index contributed by atoms with van der Waals surface area (Å²) in [6.45, 7) is 0. The normalized spacial score (nSPS) is 10.6. The Kier molecular flexibility index (Phi) is 3.62. The van der Waals surface area contributed by atoms with Crippen molar-refractivity contribution in [2.45, 2.75) is 0 Å². The van der Waals surface area contributed by atoms with E-state index in [1.807, 2.05) is 24.3 Å². The van der Waals surface area contributed by atoms with Gasteiger partial charge in [-0.3, -0.25) is 0 Å². The van der Waals surface area contributed by atoms with E-state index in [1.165, 1.54) is 0 Å². The first-order valence-corrected chi connectivity index (χ1v) is 7.01. The quantitative estimate of drug-likeness (QED) is 0.731. The van der Waals surface area contributed by atoms with Crippen molar-refractivity contribution in [3.05, 3.63) is 46.9 Å². The van der Waals surface area contributed by atoms with Crippen LogP contribution in [0.5, 0.6) is 5.75 Å². The van der Waals surface area contributed by atoms with E-state index in [0.717, 1.165) is 10.0 Å². The van der Waals surface area contributed by atoms with Crippen LogP contribution in [0.3, 0.4) is 0 Å². The van der Waals surface area contributed by atoms with Crippen LogP contribution < -0.4 is 10.5 Å². The molecule has 0 saturated carbocycles. The number of aromatic nitrogens is 2. The molecule has 1 aromatic heterocycles. The molecule has 3 aromatic rings. The topological polar surface area (TPSA) is 74.2 Å². The fraction of sp³-hybridized carbons (Fsp3) is 0.0667. The summed E-state index contributed by atoms with van der Waals surface area (Å²) < 4.78 is 11.4. The minimum atomic E-state index is 0.358. The summed E-state index contributed by atoms with van der Waals surface area (Å²) in [6, 6.07) is 13.0. The summed E-state index contributed by atoms with van der Waals surface area (Å²) in [5, 5.41) is 4.01. The van der Waals surface area contributed by atoms with Gasteiger partial charge in [-0.05, 0) is 30.3 Å². The lowest BCUT2D eigenvalue weighted by Gasteiger charge is -2.03. The number of nitrogens with two attached hydrogens (primary N) is 1. The number of methoxy groups -OCH3 is 1. The molecule has 2 aromatic carbocycles. The number of hydrogen-bond donors (Lipinski definition) is 1. The highest BCUT2D eigenvalue weighted by atomic mass is 79.9. The Morgan fingerprint density at radius 3 is 2.71 bits per heavy atom. The largest absolute Gasteiger partial charge is 0.497 e. The first-order valence-electron chi connectivity index (χ1n) is 6.21. The van der Waals surface area contributed by atoms with Gasteiger partial charge in [-0.15, -0.1) is 0 Å². The van der Waals surface area contributed by atoms with Crippen molar-refractivity contribution in [1.82, 2.24) is 10.1 Å². The maximum absolute atomic E-state index is 5.96. The van der Waals surface area contributed by atoms with E-state index >= 15 is 0 Å². The van der Waals surface area contributed by atoms with Crippen LogP contribution in [0.4, 0.5) is 5.69 Å². The predicted molar refractivity (Wildman–Crippen MR) is 83.8 cm³/mol. The molecule has 106 valence electrons. The van der Waals surface area contributed by atoms with Gasteiger partial charge in [-0.2, -0.15) is 4.98 Å². The zero-order valence-corrected chi connectivity index (χ0v) is 12.8. The molecule has 0 bridgehead atoms. The zero-order chi connectivity index (χ0) is 14.8. The molecule has 0 atom stereocenters. The fourth-order valence-corrected chi connectivity index (χ4v) is 2.39. The Morgan fingerprint density at radius 2 is 1.95 bits per heavy atom. The van der Waals surface area contributed by atoms with Crippen molar-refractivity contribution >= 4 is 21.6 Å². The SMILES string of the molecule is COc1ccc(N)c(-c2nc(-c3ccccc3Br)no2)c1. The molecule has 5 nitrogen and oxygen atoms in total. The van der Waals surface area contributed by atoms with Gasteiger partial charge in [0.15, 0.2) is 0 Å². The lowest BCUT2D eigenvalue weighted by molar-refractivity contribution is 0.413. The van der Waals surface area contributed by atoms with Crippen molar-refractivity contribution in [2.75, 3.05) is 12.8 Å². The minimum absolute atomic E-state index is 0.358. The highest BCUT2D eigenvalue weighted by Gasteiger charge is 2.15. The van der Waals surface area contributed by atoms with E-state index in [0.29, 0.717) is 28.7 Å². The van der Waals surface area contributed by atoms with Crippen LogP contribution in [-0.2, 0) is 0 Å². The average molecular weight is 346 g/mol. The third-order valence-electron chi connectivity index (χ3n) is 3.03. The molecule has 21 heavy (non-hydrogen) atoms. The van der Waals surface area contributed by atoms with Gasteiger partial charge in [0.2, 0.25) is 5.82 Å². The van der Waals surface area contributed by atoms with Crippen molar-refractivity contribution < 1.29 is 9.26 Å². The Bertz CT molecular complexity index is 786. The summed E-state index contributed by atoms with van der Waals surface area (Å²) in [5.74, 6) is 1.54. The summed E-state index contributed by atoms with van der Waals surface area (Å²) in [4.78, 5) is 4.40. The van der Waals surface area contributed by atoms with Crippen molar-refractivity contribution in [3.63, 3.8) is 0 Å². The lowest BCUT2D eigenvalue weighted by atomic mass is 10.1. The van der Waals surface area contributed by atoms with Crippen LogP contribution >= 0.6 is 15.9 Å². The van der Waals surface area contributed by atoms with E-state index in [4.69, 9.17) is 15.0 Å². The van der Waals surface area contributed by atoms with Gasteiger partial charge >= 0.3 is 0 Å². The third-order valence-corrected chi connectivity index (χ3v) is 3.72. The summed E-state index contributed by atoms with van der Waals surface area (Å²) in [5.41, 5.74) is 8.02. The Hall–Kier alpha value is -2.34. The fourth-order valence-electron chi connectivity index (χ4n) is 1.93. The maximum Gasteiger partial charge on any atom is 0.260 e. The molecule has 2 N–H and O–H groups in total. The molecule has 0 radical (unpaired) electrons. The Morgan fingerprint density at radius 1 is 1.14 bits per heavy atom. The van der Waals surface area contributed by atoms with Gasteiger partial charge in [0.1, 0.15) is 5.75 Å². The highest BCUT2D eigenvalue weighted by Crippen LogP contribution is 2.31. The molecule has 0 fully saturated rings.